The molecule has 18 aromatic carbocycles. The molecule has 530 valence electrons. The smallest absolute Gasteiger partial charge is 0.160 e. The molecule has 0 aliphatic rings. The number of nitrogens with zero attached hydrogens (tertiary/aromatic N) is 4. The molecule has 6 nitrogen and oxygen atoms in total. The van der Waals surface area contributed by atoms with Crippen LogP contribution in [0.3, 0.4) is 0 Å². The molecule has 0 N–H and O–H groups in total. The van der Waals surface area contributed by atoms with Crippen molar-refractivity contribution in [3.8, 4) is 146 Å². The molecule has 0 saturated heterocycles. The van der Waals surface area contributed by atoms with Crippen molar-refractivity contribution in [1.82, 2.24) is 19.9 Å². The molecule has 4 heterocycles. The van der Waals surface area contributed by atoms with E-state index in [-0.39, 0.29) is 0 Å². The maximum absolute atomic E-state index is 7.02. The summed E-state index contributed by atoms with van der Waals surface area (Å²) in [5, 5.41) is 13.5. The van der Waals surface area contributed by atoms with Gasteiger partial charge in [0, 0.05) is 65.7 Å². The van der Waals surface area contributed by atoms with Gasteiger partial charge in [0.15, 0.2) is 11.6 Å². The van der Waals surface area contributed by atoms with Crippen molar-refractivity contribution in [2.45, 2.75) is 0 Å². The Bertz CT molecular complexity index is 7530. The molecule has 114 heavy (non-hydrogen) atoms. The van der Waals surface area contributed by atoms with Gasteiger partial charge in [-0.2, -0.15) is 0 Å². The molecule has 0 saturated carbocycles. The van der Waals surface area contributed by atoms with Crippen LogP contribution in [0.25, 0.3) is 233 Å². The van der Waals surface area contributed by atoms with Gasteiger partial charge in [-0.05, 0) is 171 Å². The Balaban J connectivity index is 0.593. The van der Waals surface area contributed by atoms with E-state index in [4.69, 9.17) is 28.8 Å². The van der Waals surface area contributed by atoms with Crippen molar-refractivity contribution in [2.24, 2.45) is 0 Å². The average Bonchev–Trinajstić information content (AvgIpc) is 1.55. The van der Waals surface area contributed by atoms with Crippen LogP contribution in [0, 0.1) is 0 Å². The van der Waals surface area contributed by atoms with E-state index in [1.165, 1.54) is 16.3 Å². The van der Waals surface area contributed by atoms with Crippen LogP contribution in [0.15, 0.2) is 409 Å². The van der Waals surface area contributed by atoms with Gasteiger partial charge in [-0.25, -0.2) is 19.9 Å². The molecule has 0 unspecified atom stereocenters. The van der Waals surface area contributed by atoms with Gasteiger partial charge < -0.3 is 8.83 Å². The summed E-state index contributed by atoms with van der Waals surface area (Å²) in [5.74, 6) is 1.35. The minimum Gasteiger partial charge on any atom is -0.455 e. The first-order chi connectivity index (χ1) is 56.5. The molecule has 0 bridgehead atoms. The van der Waals surface area contributed by atoms with Gasteiger partial charge >= 0.3 is 0 Å². The topological polar surface area (TPSA) is 77.8 Å². The van der Waals surface area contributed by atoms with Gasteiger partial charge in [-0.15, -0.1) is 0 Å². The van der Waals surface area contributed by atoms with Gasteiger partial charge in [-0.1, -0.05) is 340 Å². The Hall–Kier alpha value is -15.2. The Kier molecular flexibility index (Phi) is 15.8. The zero-order valence-corrected chi connectivity index (χ0v) is 61.7. The van der Waals surface area contributed by atoms with E-state index in [9.17, 15) is 0 Å². The van der Waals surface area contributed by atoms with Crippen LogP contribution in [0.5, 0.6) is 0 Å². The summed E-state index contributed by atoms with van der Waals surface area (Å²) in [4.78, 5) is 20.9. The van der Waals surface area contributed by atoms with E-state index in [1.807, 2.05) is 42.5 Å². The number of furan rings is 2. The van der Waals surface area contributed by atoms with Gasteiger partial charge in [0.25, 0.3) is 0 Å². The first-order valence-electron chi connectivity index (χ1n) is 38.7. The lowest BCUT2D eigenvalue weighted by Crippen LogP contribution is -1.96. The quantitative estimate of drug-likeness (QED) is 0.114. The van der Waals surface area contributed by atoms with Crippen molar-refractivity contribution in [1.29, 1.82) is 0 Å². The third kappa shape index (κ3) is 11.5. The van der Waals surface area contributed by atoms with Crippen LogP contribution >= 0.6 is 0 Å². The summed E-state index contributed by atoms with van der Waals surface area (Å²) in [5.41, 5.74) is 28.6. The second kappa shape index (κ2) is 27.4. The number of hydrogen-bond acceptors (Lipinski definition) is 6. The molecule has 0 radical (unpaired) electrons. The Labute approximate surface area is 657 Å². The zero-order valence-electron chi connectivity index (χ0n) is 61.7. The molecule has 0 fully saturated rings. The molecule has 22 rings (SSSR count). The van der Waals surface area contributed by atoms with Crippen LogP contribution < -0.4 is 0 Å². The highest BCUT2D eigenvalue weighted by atomic mass is 16.3. The number of aromatic nitrogens is 4. The minimum atomic E-state index is 0.658. The van der Waals surface area contributed by atoms with Crippen LogP contribution in [0.1, 0.15) is 0 Å². The van der Waals surface area contributed by atoms with Crippen molar-refractivity contribution in [3.63, 3.8) is 0 Å². The van der Waals surface area contributed by atoms with E-state index < -0.39 is 0 Å². The predicted octanol–water partition coefficient (Wildman–Crippen LogP) is 29.3. The highest BCUT2D eigenvalue weighted by Crippen LogP contribution is 2.49. The summed E-state index contributed by atoms with van der Waals surface area (Å²) in [6, 6.07) is 143. The lowest BCUT2D eigenvalue weighted by Gasteiger charge is -2.14. The zero-order chi connectivity index (χ0) is 75.2. The molecular weight excluding hydrogens is 1390 g/mol. The summed E-state index contributed by atoms with van der Waals surface area (Å²) < 4.78 is 13.9. The summed E-state index contributed by atoms with van der Waals surface area (Å²) in [7, 11) is 0. The van der Waals surface area contributed by atoms with E-state index in [2.05, 4.69) is 358 Å². The lowest BCUT2D eigenvalue weighted by molar-refractivity contribution is 0.672. The van der Waals surface area contributed by atoms with E-state index >= 15 is 0 Å². The normalized spacial score (nSPS) is 11.7. The van der Waals surface area contributed by atoms with Crippen LogP contribution in [-0.2, 0) is 0 Å². The molecule has 0 atom stereocenters. The fourth-order valence-corrected chi connectivity index (χ4v) is 17.3. The van der Waals surface area contributed by atoms with Crippen LogP contribution in [0.2, 0.25) is 0 Å². The third-order valence-corrected chi connectivity index (χ3v) is 22.7. The van der Waals surface area contributed by atoms with Crippen LogP contribution in [0.4, 0.5) is 0 Å². The fraction of sp³-hybridized carbons (Fsp3) is 0. The van der Waals surface area contributed by atoms with Gasteiger partial charge in [-0.3, -0.25) is 0 Å². The number of rotatable bonds is 13. The highest BCUT2D eigenvalue weighted by molar-refractivity contribution is 6.25. The van der Waals surface area contributed by atoms with Crippen molar-refractivity contribution < 1.29 is 8.83 Å². The summed E-state index contributed by atoms with van der Waals surface area (Å²) in [6.07, 6.45) is 0. The van der Waals surface area contributed by atoms with Gasteiger partial charge in [0.2, 0.25) is 0 Å². The average molecular weight is 1450 g/mol. The molecule has 4 aromatic heterocycles. The second-order valence-electron chi connectivity index (χ2n) is 29.4. The minimum absolute atomic E-state index is 0.658. The standard InChI is InChI=1S/C108H66N4O2/c1-4-26-69(27-5-1)97-65-99(111-107(109-97)71-28-6-2-7-29-71)79-38-19-34-74(60-79)73-33-18-36-77(59-73)94-64-96-104-90(50-24-52-102(104)114-106(96)92-46-17-15-44-88(92)94)86-48-22-37-75-61-78(57-58-84(75)86)83-42-13-12-41-82(83)76-35-20-39-80(62-76)100-66-98(110-108(112-100)72-30-8-3-9-31-72)70-55-53-68(54-56-70)93-63-95-103-89(85-47-21-32-67-25-10-11-40-81(67)85)49-23-51-101(103)113-105(95)91-45-16-14-43-87(91)93/h1-66H. The monoisotopic (exact) mass is 1450 g/mol. The molecule has 0 aliphatic heterocycles. The summed E-state index contributed by atoms with van der Waals surface area (Å²) in [6.45, 7) is 0. The Morgan fingerprint density at radius 3 is 1.03 bits per heavy atom. The Morgan fingerprint density at radius 1 is 0.158 bits per heavy atom. The molecule has 0 aliphatic carbocycles. The molecule has 0 amide bonds. The van der Waals surface area contributed by atoms with Gasteiger partial charge in [0.05, 0.1) is 22.8 Å². The predicted molar refractivity (Wildman–Crippen MR) is 473 cm³/mol. The third-order valence-electron chi connectivity index (χ3n) is 22.7. The largest absolute Gasteiger partial charge is 0.455 e. The van der Waals surface area contributed by atoms with Crippen molar-refractivity contribution >= 4 is 87.0 Å². The molecular formula is C108H66N4O2. The Morgan fingerprint density at radius 2 is 0.482 bits per heavy atom. The van der Waals surface area contributed by atoms with Crippen molar-refractivity contribution in [2.75, 3.05) is 0 Å². The second-order valence-corrected chi connectivity index (χ2v) is 29.4. The first-order valence-corrected chi connectivity index (χ1v) is 38.7. The summed E-state index contributed by atoms with van der Waals surface area (Å²) >= 11 is 0. The number of fused-ring (bicyclic) bond motifs is 12. The number of benzene rings is 18. The molecule has 6 heteroatoms. The maximum Gasteiger partial charge on any atom is 0.160 e. The first kappa shape index (κ1) is 65.8. The highest BCUT2D eigenvalue weighted by Gasteiger charge is 2.24. The van der Waals surface area contributed by atoms with E-state index in [1.54, 1.807) is 0 Å². The SMILES string of the molecule is c1ccc(-c2cc(-c3cccc(-c4cccc(-c5cc6c(oc7cccc(-c8cccc9cc(-c%10ccccc%10-c%10cccc(-c%11cc(-c%12ccc(-c%13cc%14c(oc%15cccc(-c%16cccc%17ccccc%16%17)c%15%14)c%14ccccc%13%14)cc%12)nc(-c%12ccccc%12)n%11)c%10)ccc89)c76)c6ccccc56)c4)c3)nc(-c3ccccc3)n2)cc1. The molecule has 22 aromatic rings. The fourth-order valence-electron chi connectivity index (χ4n) is 17.3. The number of hydrogen-bond donors (Lipinski definition) is 0. The van der Waals surface area contributed by atoms with Crippen LogP contribution in [-0.4, -0.2) is 19.9 Å². The van der Waals surface area contributed by atoms with E-state index in [0.29, 0.717) is 11.6 Å². The lowest BCUT2D eigenvalue weighted by atomic mass is 9.89. The van der Waals surface area contributed by atoms with E-state index in [0.717, 1.165) is 205 Å². The maximum atomic E-state index is 7.02. The van der Waals surface area contributed by atoms with Gasteiger partial charge in [0.1, 0.15) is 22.3 Å². The molecule has 0 spiro atoms. The van der Waals surface area contributed by atoms with Crippen molar-refractivity contribution in [3.05, 3.63) is 400 Å².